The fourth-order valence-electron chi connectivity index (χ4n) is 2.39. The Labute approximate surface area is 123 Å². The zero-order chi connectivity index (χ0) is 13.7. The fourth-order valence-corrected chi connectivity index (χ4v) is 2.77. The van der Waals surface area contributed by atoms with Crippen molar-refractivity contribution in [1.29, 1.82) is 0 Å². The zero-order valence-corrected chi connectivity index (χ0v) is 13.2. The van der Waals surface area contributed by atoms with Crippen molar-refractivity contribution in [2.45, 2.75) is 32.4 Å². The summed E-state index contributed by atoms with van der Waals surface area (Å²) < 4.78 is 6.72. The summed E-state index contributed by atoms with van der Waals surface area (Å²) in [7, 11) is 2.09. The number of halogens is 1. The van der Waals surface area contributed by atoms with Crippen molar-refractivity contribution in [1.82, 2.24) is 10.3 Å². The number of hydrogen-bond donors (Lipinski definition) is 1. The van der Waals surface area contributed by atoms with Gasteiger partial charge in [-0.25, -0.2) is 4.98 Å². The van der Waals surface area contributed by atoms with E-state index in [2.05, 4.69) is 51.2 Å². The van der Waals surface area contributed by atoms with E-state index in [0.717, 1.165) is 43.0 Å². The molecule has 0 saturated carbocycles. The van der Waals surface area contributed by atoms with E-state index < -0.39 is 0 Å². The summed E-state index contributed by atoms with van der Waals surface area (Å²) in [6.45, 7) is 5.72. The molecule has 0 bridgehead atoms. The lowest BCUT2D eigenvalue weighted by Gasteiger charge is -2.24. The number of nitrogens with zero attached hydrogens (tertiary/aromatic N) is 2. The molecule has 1 aliphatic heterocycles. The number of likely N-dealkylation sites (N-methyl/N-ethyl adjacent to an activating group) is 1. The minimum absolute atomic E-state index is 0.349. The molecule has 1 aliphatic rings. The van der Waals surface area contributed by atoms with Crippen LogP contribution in [0.15, 0.2) is 16.7 Å². The Bertz CT molecular complexity index is 408. The van der Waals surface area contributed by atoms with Gasteiger partial charge in [0.15, 0.2) is 0 Å². The Morgan fingerprint density at radius 1 is 1.58 bits per heavy atom. The van der Waals surface area contributed by atoms with Crippen molar-refractivity contribution in [2.75, 3.05) is 31.6 Å². The van der Waals surface area contributed by atoms with Crippen LogP contribution in [0.4, 0.5) is 5.82 Å². The molecule has 19 heavy (non-hydrogen) atoms. The third-order valence-corrected chi connectivity index (χ3v) is 3.77. The van der Waals surface area contributed by atoms with Gasteiger partial charge in [0.1, 0.15) is 5.82 Å². The Kier molecular flexibility index (Phi) is 5.60. The summed E-state index contributed by atoms with van der Waals surface area (Å²) in [6.07, 6.45) is 4.54. The van der Waals surface area contributed by atoms with Gasteiger partial charge in [0.25, 0.3) is 0 Å². The number of anilines is 1. The first-order chi connectivity index (χ1) is 9.20. The van der Waals surface area contributed by atoms with Crippen LogP contribution in [0.5, 0.6) is 0 Å². The molecule has 0 amide bonds. The van der Waals surface area contributed by atoms with E-state index in [-0.39, 0.29) is 0 Å². The van der Waals surface area contributed by atoms with Crippen LogP contribution in [0.3, 0.4) is 0 Å². The molecule has 0 spiro atoms. The highest BCUT2D eigenvalue weighted by atomic mass is 79.9. The molecule has 1 unspecified atom stereocenters. The van der Waals surface area contributed by atoms with E-state index in [1.165, 1.54) is 12.0 Å². The zero-order valence-electron chi connectivity index (χ0n) is 11.7. The van der Waals surface area contributed by atoms with Crippen LogP contribution in [0.2, 0.25) is 0 Å². The van der Waals surface area contributed by atoms with Crippen molar-refractivity contribution >= 4 is 21.7 Å². The van der Waals surface area contributed by atoms with E-state index >= 15 is 0 Å². The van der Waals surface area contributed by atoms with Gasteiger partial charge in [-0.2, -0.15) is 0 Å². The minimum Gasteiger partial charge on any atom is -0.376 e. The van der Waals surface area contributed by atoms with Crippen LogP contribution in [0.25, 0.3) is 0 Å². The lowest BCUT2D eigenvalue weighted by molar-refractivity contribution is 0.116. The Hall–Kier alpha value is -0.650. The Morgan fingerprint density at radius 2 is 2.42 bits per heavy atom. The summed E-state index contributed by atoms with van der Waals surface area (Å²) in [6, 6.07) is 2.14. The first-order valence-electron chi connectivity index (χ1n) is 6.88. The lowest BCUT2D eigenvalue weighted by atomic mass is 10.2. The molecule has 2 heterocycles. The van der Waals surface area contributed by atoms with Gasteiger partial charge in [-0.1, -0.05) is 6.92 Å². The molecule has 5 heteroatoms. The van der Waals surface area contributed by atoms with Crippen molar-refractivity contribution < 1.29 is 4.74 Å². The van der Waals surface area contributed by atoms with Crippen LogP contribution in [0.1, 0.15) is 25.3 Å². The van der Waals surface area contributed by atoms with Gasteiger partial charge < -0.3 is 15.0 Å². The quantitative estimate of drug-likeness (QED) is 0.871. The number of hydrogen-bond acceptors (Lipinski definition) is 4. The van der Waals surface area contributed by atoms with Crippen molar-refractivity contribution in [2.24, 2.45) is 0 Å². The van der Waals surface area contributed by atoms with Crippen molar-refractivity contribution in [3.05, 3.63) is 22.3 Å². The average molecular weight is 328 g/mol. The fraction of sp³-hybridized carbons (Fsp3) is 0.643. The Balaban J connectivity index is 2.07. The van der Waals surface area contributed by atoms with Crippen LogP contribution in [-0.4, -0.2) is 37.8 Å². The molecule has 1 aromatic rings. The van der Waals surface area contributed by atoms with Crippen LogP contribution in [-0.2, 0) is 11.3 Å². The molecule has 1 atom stereocenters. The number of pyridine rings is 1. The second-order valence-corrected chi connectivity index (χ2v) is 5.85. The molecular weight excluding hydrogens is 306 g/mol. The molecule has 106 valence electrons. The van der Waals surface area contributed by atoms with E-state index in [4.69, 9.17) is 4.74 Å². The second kappa shape index (κ2) is 7.22. The standard InChI is InChI=1S/C14H22BrN3O/c1-3-16-8-11-7-12(15)9-17-14(11)18(2)10-13-5-4-6-19-13/h7,9,13,16H,3-6,8,10H2,1-2H3. The van der Waals surface area contributed by atoms with Gasteiger partial charge >= 0.3 is 0 Å². The average Bonchev–Trinajstić information content (AvgIpc) is 2.89. The predicted molar refractivity (Wildman–Crippen MR) is 81.6 cm³/mol. The highest BCUT2D eigenvalue weighted by molar-refractivity contribution is 9.10. The largest absolute Gasteiger partial charge is 0.376 e. The van der Waals surface area contributed by atoms with Crippen LogP contribution >= 0.6 is 15.9 Å². The summed E-state index contributed by atoms with van der Waals surface area (Å²) in [5.74, 6) is 1.04. The second-order valence-electron chi connectivity index (χ2n) is 4.93. The van der Waals surface area contributed by atoms with Crippen LogP contribution < -0.4 is 10.2 Å². The summed E-state index contributed by atoms with van der Waals surface area (Å²) in [5, 5.41) is 3.36. The van der Waals surface area contributed by atoms with Gasteiger partial charge in [0, 0.05) is 43.0 Å². The minimum atomic E-state index is 0.349. The van der Waals surface area contributed by atoms with E-state index in [1.54, 1.807) is 0 Å². The molecule has 2 rings (SSSR count). The predicted octanol–water partition coefficient (Wildman–Crippen LogP) is 2.57. The van der Waals surface area contributed by atoms with E-state index in [9.17, 15) is 0 Å². The van der Waals surface area contributed by atoms with Crippen molar-refractivity contribution in [3.8, 4) is 0 Å². The Morgan fingerprint density at radius 3 is 3.11 bits per heavy atom. The summed E-state index contributed by atoms with van der Waals surface area (Å²) >= 11 is 3.49. The number of aromatic nitrogens is 1. The SMILES string of the molecule is CCNCc1cc(Br)cnc1N(C)CC1CCCO1. The maximum atomic E-state index is 5.70. The van der Waals surface area contributed by atoms with Crippen molar-refractivity contribution in [3.63, 3.8) is 0 Å². The normalized spacial score (nSPS) is 18.8. The first-order valence-corrected chi connectivity index (χ1v) is 7.68. The molecular formula is C14H22BrN3O. The smallest absolute Gasteiger partial charge is 0.132 e. The lowest BCUT2D eigenvalue weighted by Crippen LogP contribution is -2.30. The van der Waals surface area contributed by atoms with Gasteiger partial charge in [-0.15, -0.1) is 0 Å². The monoisotopic (exact) mass is 327 g/mol. The molecule has 1 aromatic heterocycles. The molecule has 1 N–H and O–H groups in total. The number of ether oxygens (including phenoxy) is 1. The molecule has 1 fully saturated rings. The third kappa shape index (κ3) is 4.16. The van der Waals surface area contributed by atoms with Gasteiger partial charge in [0.05, 0.1) is 6.10 Å². The van der Waals surface area contributed by atoms with E-state index in [0.29, 0.717) is 6.10 Å². The number of nitrogens with one attached hydrogen (secondary N) is 1. The van der Waals surface area contributed by atoms with Gasteiger partial charge in [0.2, 0.25) is 0 Å². The third-order valence-electron chi connectivity index (χ3n) is 3.34. The van der Waals surface area contributed by atoms with Gasteiger partial charge in [-0.05, 0) is 41.4 Å². The van der Waals surface area contributed by atoms with E-state index in [1.807, 2.05) is 6.20 Å². The number of rotatable bonds is 6. The maximum Gasteiger partial charge on any atom is 0.132 e. The first kappa shape index (κ1) is 14.8. The maximum absolute atomic E-state index is 5.70. The highest BCUT2D eigenvalue weighted by Gasteiger charge is 2.19. The molecule has 1 saturated heterocycles. The molecule has 0 aliphatic carbocycles. The summed E-state index contributed by atoms with van der Waals surface area (Å²) in [4.78, 5) is 6.76. The summed E-state index contributed by atoms with van der Waals surface area (Å²) in [5.41, 5.74) is 1.22. The van der Waals surface area contributed by atoms with Crippen LogP contribution in [0, 0.1) is 0 Å². The topological polar surface area (TPSA) is 37.4 Å². The highest BCUT2D eigenvalue weighted by Crippen LogP contribution is 2.22. The molecule has 4 nitrogen and oxygen atoms in total. The van der Waals surface area contributed by atoms with Gasteiger partial charge in [-0.3, -0.25) is 0 Å². The molecule has 0 radical (unpaired) electrons. The molecule has 0 aromatic carbocycles.